The second kappa shape index (κ2) is 2.62. The lowest BCUT2D eigenvalue weighted by atomic mass is 9.64. The second-order valence-corrected chi connectivity index (χ2v) is 7.23. The molecule has 0 amide bonds. The van der Waals surface area contributed by atoms with Crippen molar-refractivity contribution in [2.75, 3.05) is 0 Å². The average Bonchev–Trinajstić information content (AvgIpc) is 1.46. The topological polar surface area (TPSA) is 0 Å². The summed E-state index contributed by atoms with van der Waals surface area (Å²) in [4.78, 5) is 0. The molecule has 0 aromatic carbocycles. The standard InChI is InChI=1S/C10H20Si/c1-10(11,8-4-2-5-8)9-6-3-7-9/h8-9H,2-7H2,1,11H3. The zero-order valence-electron chi connectivity index (χ0n) is 7.90. The molecule has 0 aromatic rings. The van der Waals surface area contributed by atoms with Crippen molar-refractivity contribution in [2.24, 2.45) is 11.8 Å². The molecular formula is C10H20Si. The minimum atomic E-state index is 0.830. The molecule has 2 saturated carbocycles. The Kier molecular flexibility index (Phi) is 1.87. The van der Waals surface area contributed by atoms with Gasteiger partial charge in [0.25, 0.3) is 0 Å². The van der Waals surface area contributed by atoms with Gasteiger partial charge in [-0.1, -0.05) is 45.4 Å². The van der Waals surface area contributed by atoms with Crippen LogP contribution in [0.25, 0.3) is 0 Å². The molecule has 2 aliphatic rings. The molecule has 2 rings (SSSR count). The third-order valence-corrected chi connectivity index (χ3v) is 5.95. The summed E-state index contributed by atoms with van der Waals surface area (Å²) in [5.41, 5.74) is 0. The largest absolute Gasteiger partial charge is 0.0624 e. The van der Waals surface area contributed by atoms with E-state index in [9.17, 15) is 0 Å². The fraction of sp³-hybridized carbons (Fsp3) is 1.00. The van der Waals surface area contributed by atoms with Gasteiger partial charge in [-0.3, -0.25) is 0 Å². The van der Waals surface area contributed by atoms with Crippen LogP contribution in [0.3, 0.4) is 0 Å². The molecule has 0 unspecified atom stereocenters. The van der Waals surface area contributed by atoms with Gasteiger partial charge in [-0.05, 0) is 16.9 Å². The highest BCUT2D eigenvalue weighted by atomic mass is 28.1. The molecule has 0 spiro atoms. The minimum Gasteiger partial charge on any atom is -0.0624 e. The number of hydrogen-bond acceptors (Lipinski definition) is 0. The fourth-order valence-corrected chi connectivity index (χ4v) is 3.79. The number of rotatable bonds is 2. The SMILES string of the molecule is CC([SiH3])(C1CCC1)C1CCC1. The van der Waals surface area contributed by atoms with Gasteiger partial charge in [0.1, 0.15) is 0 Å². The Morgan fingerprint density at radius 2 is 1.36 bits per heavy atom. The van der Waals surface area contributed by atoms with Crippen molar-refractivity contribution >= 4 is 10.2 Å². The van der Waals surface area contributed by atoms with Crippen molar-refractivity contribution in [3.05, 3.63) is 0 Å². The van der Waals surface area contributed by atoms with Crippen molar-refractivity contribution in [2.45, 2.75) is 50.5 Å². The Balaban J connectivity index is 1.95. The van der Waals surface area contributed by atoms with E-state index < -0.39 is 0 Å². The fourth-order valence-electron chi connectivity index (χ4n) is 2.64. The highest BCUT2D eigenvalue weighted by molar-refractivity contribution is 6.15. The second-order valence-electron chi connectivity index (χ2n) is 5.08. The molecule has 0 atom stereocenters. The Bertz CT molecular complexity index is 127. The van der Waals surface area contributed by atoms with Gasteiger partial charge in [0.15, 0.2) is 0 Å². The average molecular weight is 168 g/mol. The summed E-state index contributed by atoms with van der Waals surface area (Å²) < 4.78 is 0. The Labute approximate surface area is 73.2 Å². The third kappa shape index (κ3) is 1.18. The van der Waals surface area contributed by atoms with Crippen molar-refractivity contribution < 1.29 is 0 Å². The van der Waals surface area contributed by atoms with Gasteiger partial charge >= 0.3 is 0 Å². The lowest BCUT2D eigenvalue weighted by Gasteiger charge is -2.49. The molecule has 64 valence electrons. The molecule has 0 saturated heterocycles. The van der Waals surface area contributed by atoms with Crippen LogP contribution in [0.4, 0.5) is 0 Å². The van der Waals surface area contributed by atoms with Crippen LogP contribution in [0.15, 0.2) is 0 Å². The van der Waals surface area contributed by atoms with E-state index in [1.807, 2.05) is 0 Å². The van der Waals surface area contributed by atoms with Crippen LogP contribution >= 0.6 is 0 Å². The lowest BCUT2D eigenvalue weighted by Crippen LogP contribution is -2.36. The Hall–Kier alpha value is 0.217. The molecular weight excluding hydrogens is 148 g/mol. The van der Waals surface area contributed by atoms with Gasteiger partial charge in [-0.25, -0.2) is 0 Å². The molecule has 0 nitrogen and oxygen atoms in total. The summed E-state index contributed by atoms with van der Waals surface area (Å²) >= 11 is 0. The van der Waals surface area contributed by atoms with Crippen LogP contribution in [0.2, 0.25) is 5.04 Å². The summed E-state index contributed by atoms with van der Waals surface area (Å²) in [6, 6.07) is 0. The van der Waals surface area contributed by atoms with Crippen LogP contribution in [-0.2, 0) is 0 Å². The summed E-state index contributed by atoms with van der Waals surface area (Å²) in [7, 11) is 1.44. The first kappa shape index (κ1) is 7.84. The van der Waals surface area contributed by atoms with Gasteiger partial charge in [0.2, 0.25) is 0 Å². The highest BCUT2D eigenvalue weighted by Gasteiger charge is 2.41. The first-order valence-electron chi connectivity index (χ1n) is 5.21. The summed E-state index contributed by atoms with van der Waals surface area (Å²) in [5, 5.41) is 0.830. The molecule has 2 fully saturated rings. The predicted octanol–water partition coefficient (Wildman–Crippen LogP) is 2.13. The van der Waals surface area contributed by atoms with Gasteiger partial charge in [-0.15, -0.1) is 0 Å². The van der Waals surface area contributed by atoms with E-state index in [0.29, 0.717) is 0 Å². The molecule has 0 bridgehead atoms. The van der Waals surface area contributed by atoms with Crippen molar-refractivity contribution in [3.8, 4) is 0 Å². The van der Waals surface area contributed by atoms with E-state index in [2.05, 4.69) is 6.92 Å². The first-order chi connectivity index (χ1) is 5.21. The smallest absolute Gasteiger partial charge is 0.0110 e. The molecule has 0 aliphatic heterocycles. The van der Waals surface area contributed by atoms with Crippen LogP contribution in [0, 0.1) is 11.8 Å². The third-order valence-electron chi connectivity index (χ3n) is 4.31. The van der Waals surface area contributed by atoms with Gasteiger partial charge in [0.05, 0.1) is 0 Å². The van der Waals surface area contributed by atoms with E-state index in [0.717, 1.165) is 16.9 Å². The maximum atomic E-state index is 2.56. The molecule has 1 heteroatoms. The zero-order valence-corrected chi connectivity index (χ0v) is 9.90. The Morgan fingerprint density at radius 3 is 1.55 bits per heavy atom. The van der Waals surface area contributed by atoms with E-state index in [4.69, 9.17) is 0 Å². The molecule has 0 N–H and O–H groups in total. The normalized spacial score (nSPS) is 28.1. The maximum absolute atomic E-state index is 2.56. The van der Waals surface area contributed by atoms with Crippen LogP contribution in [0.5, 0.6) is 0 Å². The van der Waals surface area contributed by atoms with Crippen molar-refractivity contribution in [3.63, 3.8) is 0 Å². The molecule has 0 radical (unpaired) electrons. The molecule has 0 aromatic heterocycles. The Morgan fingerprint density at radius 1 is 1.00 bits per heavy atom. The van der Waals surface area contributed by atoms with Gasteiger partial charge < -0.3 is 0 Å². The van der Waals surface area contributed by atoms with Crippen molar-refractivity contribution in [1.82, 2.24) is 0 Å². The van der Waals surface area contributed by atoms with E-state index in [1.165, 1.54) is 23.1 Å². The summed E-state index contributed by atoms with van der Waals surface area (Å²) in [6.07, 6.45) is 9.25. The van der Waals surface area contributed by atoms with E-state index >= 15 is 0 Å². The first-order valence-corrected chi connectivity index (χ1v) is 6.21. The quantitative estimate of drug-likeness (QED) is 0.554. The summed E-state index contributed by atoms with van der Waals surface area (Å²) in [6.45, 7) is 2.56. The van der Waals surface area contributed by atoms with Gasteiger partial charge in [0, 0.05) is 10.2 Å². The zero-order chi connectivity index (χ0) is 7.90. The molecule has 11 heavy (non-hydrogen) atoms. The van der Waals surface area contributed by atoms with E-state index in [-0.39, 0.29) is 0 Å². The lowest BCUT2D eigenvalue weighted by molar-refractivity contribution is 0.123. The number of hydrogen-bond donors (Lipinski definition) is 0. The predicted molar refractivity (Wildman–Crippen MR) is 53.0 cm³/mol. The van der Waals surface area contributed by atoms with Crippen molar-refractivity contribution in [1.29, 1.82) is 0 Å². The highest BCUT2D eigenvalue weighted by Crippen LogP contribution is 2.55. The van der Waals surface area contributed by atoms with Crippen LogP contribution in [0.1, 0.15) is 45.4 Å². The maximum Gasteiger partial charge on any atom is 0.0110 e. The molecule has 0 heterocycles. The monoisotopic (exact) mass is 168 g/mol. The van der Waals surface area contributed by atoms with E-state index in [1.54, 1.807) is 25.7 Å². The molecule has 2 aliphatic carbocycles. The van der Waals surface area contributed by atoms with Gasteiger partial charge in [-0.2, -0.15) is 0 Å². The van der Waals surface area contributed by atoms with Crippen LogP contribution < -0.4 is 0 Å². The minimum absolute atomic E-state index is 0.830. The summed E-state index contributed by atoms with van der Waals surface area (Å²) in [5.74, 6) is 2.28. The van der Waals surface area contributed by atoms with Crippen LogP contribution in [-0.4, -0.2) is 10.2 Å².